The van der Waals surface area contributed by atoms with E-state index in [0.717, 1.165) is 12.0 Å². The molecular formula is C13H26N2. The van der Waals surface area contributed by atoms with Crippen LogP contribution < -0.4 is 5.73 Å². The highest BCUT2D eigenvalue weighted by Crippen LogP contribution is 2.37. The third kappa shape index (κ3) is 2.54. The van der Waals surface area contributed by atoms with E-state index < -0.39 is 0 Å². The van der Waals surface area contributed by atoms with Gasteiger partial charge in [0.2, 0.25) is 0 Å². The maximum Gasteiger partial charge on any atom is 0.00966 e. The van der Waals surface area contributed by atoms with Crippen molar-refractivity contribution in [2.45, 2.75) is 58.5 Å². The molecule has 0 radical (unpaired) electrons. The van der Waals surface area contributed by atoms with Crippen molar-refractivity contribution >= 4 is 0 Å². The zero-order valence-corrected chi connectivity index (χ0v) is 10.5. The lowest BCUT2D eigenvalue weighted by atomic mass is 9.74. The van der Waals surface area contributed by atoms with Crippen LogP contribution in [-0.2, 0) is 0 Å². The molecule has 2 nitrogen and oxygen atoms in total. The molecule has 2 N–H and O–H groups in total. The van der Waals surface area contributed by atoms with Crippen LogP contribution in [0.2, 0.25) is 0 Å². The molecule has 15 heavy (non-hydrogen) atoms. The lowest BCUT2D eigenvalue weighted by Gasteiger charge is -2.51. The summed E-state index contributed by atoms with van der Waals surface area (Å²) >= 11 is 0. The molecule has 1 aliphatic heterocycles. The van der Waals surface area contributed by atoms with E-state index in [1.54, 1.807) is 0 Å². The lowest BCUT2D eigenvalue weighted by Crippen LogP contribution is -2.57. The summed E-state index contributed by atoms with van der Waals surface area (Å²) in [6.45, 7) is 9.75. The summed E-state index contributed by atoms with van der Waals surface area (Å²) in [5, 5.41) is 0. The van der Waals surface area contributed by atoms with Gasteiger partial charge in [-0.2, -0.15) is 0 Å². The second-order valence-corrected chi connectivity index (χ2v) is 6.59. The Labute approximate surface area is 94.2 Å². The Hall–Kier alpha value is -0.0800. The van der Waals surface area contributed by atoms with E-state index in [2.05, 4.69) is 25.7 Å². The Bertz CT molecular complexity index is 205. The second-order valence-electron chi connectivity index (χ2n) is 6.59. The summed E-state index contributed by atoms with van der Waals surface area (Å²) < 4.78 is 0. The minimum atomic E-state index is 0.487. The van der Waals surface area contributed by atoms with E-state index in [-0.39, 0.29) is 0 Å². The Balaban J connectivity index is 1.75. The highest BCUT2D eigenvalue weighted by molar-refractivity contribution is 4.93. The Morgan fingerprint density at radius 2 is 1.53 bits per heavy atom. The molecule has 88 valence electrons. The van der Waals surface area contributed by atoms with E-state index in [4.69, 9.17) is 5.73 Å². The van der Waals surface area contributed by atoms with Crippen LogP contribution in [0.15, 0.2) is 0 Å². The van der Waals surface area contributed by atoms with Gasteiger partial charge in [-0.05, 0) is 37.0 Å². The van der Waals surface area contributed by atoms with Gasteiger partial charge in [0.25, 0.3) is 0 Å². The van der Waals surface area contributed by atoms with Crippen LogP contribution in [0, 0.1) is 11.3 Å². The Kier molecular flexibility index (Phi) is 3.09. The molecule has 0 atom stereocenters. The van der Waals surface area contributed by atoms with Crippen molar-refractivity contribution in [1.29, 1.82) is 0 Å². The third-order valence-corrected chi connectivity index (χ3v) is 4.39. The average Bonchev–Trinajstić information content (AvgIpc) is 2.03. The number of nitrogens with zero attached hydrogens (tertiary/aromatic N) is 1. The SMILES string of the molecule is CC(C)(C)C1CN(C2CCC(N)CC2)C1. The summed E-state index contributed by atoms with van der Waals surface area (Å²) in [7, 11) is 0. The van der Waals surface area contributed by atoms with Gasteiger partial charge in [-0.3, -0.25) is 4.90 Å². The first kappa shape index (κ1) is 11.4. The van der Waals surface area contributed by atoms with E-state index in [1.807, 2.05) is 0 Å². The summed E-state index contributed by atoms with van der Waals surface area (Å²) in [5.74, 6) is 0.910. The fourth-order valence-electron chi connectivity index (χ4n) is 2.83. The normalized spacial score (nSPS) is 35.2. The quantitative estimate of drug-likeness (QED) is 0.719. The summed E-state index contributed by atoms with van der Waals surface area (Å²) in [6.07, 6.45) is 5.14. The second kappa shape index (κ2) is 4.06. The molecule has 0 bridgehead atoms. The van der Waals surface area contributed by atoms with Gasteiger partial charge in [0.1, 0.15) is 0 Å². The third-order valence-electron chi connectivity index (χ3n) is 4.39. The molecule has 1 saturated heterocycles. The van der Waals surface area contributed by atoms with Crippen LogP contribution in [0.25, 0.3) is 0 Å². The molecule has 0 aromatic heterocycles. The van der Waals surface area contributed by atoms with Crippen LogP contribution in [0.4, 0.5) is 0 Å². The topological polar surface area (TPSA) is 29.3 Å². The molecular weight excluding hydrogens is 184 g/mol. The first-order chi connectivity index (χ1) is 6.97. The summed E-state index contributed by atoms with van der Waals surface area (Å²) in [4.78, 5) is 2.68. The molecule has 0 aromatic carbocycles. The molecule has 1 heterocycles. The Morgan fingerprint density at radius 1 is 1.00 bits per heavy atom. The van der Waals surface area contributed by atoms with Crippen molar-refractivity contribution in [1.82, 2.24) is 4.90 Å². The molecule has 2 rings (SSSR count). The number of likely N-dealkylation sites (tertiary alicyclic amines) is 1. The molecule has 0 unspecified atom stereocenters. The smallest absolute Gasteiger partial charge is 0.00966 e. The molecule has 1 saturated carbocycles. The molecule has 1 aliphatic carbocycles. The minimum absolute atomic E-state index is 0.487. The lowest BCUT2D eigenvalue weighted by molar-refractivity contribution is -0.0187. The Morgan fingerprint density at radius 3 is 2.00 bits per heavy atom. The zero-order chi connectivity index (χ0) is 11.1. The predicted molar refractivity (Wildman–Crippen MR) is 64.7 cm³/mol. The molecule has 0 amide bonds. The van der Waals surface area contributed by atoms with Crippen molar-refractivity contribution in [2.24, 2.45) is 17.1 Å². The number of hydrogen-bond donors (Lipinski definition) is 1. The van der Waals surface area contributed by atoms with Gasteiger partial charge in [0, 0.05) is 25.2 Å². The van der Waals surface area contributed by atoms with Crippen molar-refractivity contribution in [3.63, 3.8) is 0 Å². The van der Waals surface area contributed by atoms with E-state index in [9.17, 15) is 0 Å². The highest BCUT2D eigenvalue weighted by Gasteiger charge is 2.39. The van der Waals surface area contributed by atoms with Crippen LogP contribution in [0.3, 0.4) is 0 Å². The maximum absolute atomic E-state index is 5.93. The van der Waals surface area contributed by atoms with Gasteiger partial charge in [-0.25, -0.2) is 0 Å². The largest absolute Gasteiger partial charge is 0.328 e. The van der Waals surface area contributed by atoms with Gasteiger partial charge in [0.05, 0.1) is 0 Å². The van der Waals surface area contributed by atoms with Gasteiger partial charge >= 0.3 is 0 Å². The molecule has 2 aliphatic rings. The number of hydrogen-bond acceptors (Lipinski definition) is 2. The molecule has 0 aromatic rings. The van der Waals surface area contributed by atoms with Gasteiger partial charge in [-0.15, -0.1) is 0 Å². The van der Waals surface area contributed by atoms with Crippen molar-refractivity contribution in [2.75, 3.05) is 13.1 Å². The van der Waals surface area contributed by atoms with Crippen molar-refractivity contribution in [3.05, 3.63) is 0 Å². The standard InChI is InChI=1S/C13H26N2/c1-13(2,3)10-8-15(9-10)12-6-4-11(14)5-7-12/h10-12H,4-9,14H2,1-3H3. The minimum Gasteiger partial charge on any atom is -0.328 e. The monoisotopic (exact) mass is 210 g/mol. The van der Waals surface area contributed by atoms with Crippen LogP contribution >= 0.6 is 0 Å². The van der Waals surface area contributed by atoms with Crippen molar-refractivity contribution in [3.8, 4) is 0 Å². The van der Waals surface area contributed by atoms with Crippen LogP contribution in [-0.4, -0.2) is 30.1 Å². The van der Waals surface area contributed by atoms with Gasteiger partial charge in [-0.1, -0.05) is 20.8 Å². The summed E-state index contributed by atoms with van der Waals surface area (Å²) in [6, 6.07) is 1.34. The first-order valence-electron chi connectivity index (χ1n) is 6.46. The van der Waals surface area contributed by atoms with Gasteiger partial charge in [0.15, 0.2) is 0 Å². The van der Waals surface area contributed by atoms with Gasteiger partial charge < -0.3 is 5.73 Å². The molecule has 2 fully saturated rings. The maximum atomic E-state index is 5.93. The van der Waals surface area contributed by atoms with Crippen LogP contribution in [0.5, 0.6) is 0 Å². The van der Waals surface area contributed by atoms with E-state index in [1.165, 1.54) is 38.8 Å². The number of nitrogens with two attached hydrogens (primary N) is 1. The number of rotatable bonds is 1. The average molecular weight is 210 g/mol. The zero-order valence-electron chi connectivity index (χ0n) is 10.5. The van der Waals surface area contributed by atoms with E-state index in [0.29, 0.717) is 11.5 Å². The summed E-state index contributed by atoms with van der Waals surface area (Å²) in [5.41, 5.74) is 6.44. The van der Waals surface area contributed by atoms with E-state index >= 15 is 0 Å². The fourth-order valence-corrected chi connectivity index (χ4v) is 2.83. The van der Waals surface area contributed by atoms with Crippen LogP contribution in [0.1, 0.15) is 46.5 Å². The fraction of sp³-hybridized carbons (Fsp3) is 1.00. The van der Waals surface area contributed by atoms with Crippen molar-refractivity contribution < 1.29 is 0 Å². The predicted octanol–water partition coefficient (Wildman–Crippen LogP) is 2.23. The first-order valence-corrected chi connectivity index (χ1v) is 6.46. The highest BCUT2D eigenvalue weighted by atomic mass is 15.2. The molecule has 0 spiro atoms. The molecule has 2 heteroatoms.